The number of hydrogen-bond donors (Lipinski definition) is 2. The molecule has 3 amide bonds. The Bertz CT molecular complexity index is 333. The molecule has 88 valence electrons. The van der Waals surface area contributed by atoms with E-state index >= 15 is 0 Å². The first-order chi connectivity index (χ1) is 7.58. The van der Waals surface area contributed by atoms with Gasteiger partial charge in [-0.15, -0.1) is 0 Å². The zero-order chi connectivity index (χ0) is 12.6. The van der Waals surface area contributed by atoms with E-state index < -0.39 is 17.6 Å². The fourth-order valence-corrected chi connectivity index (χ4v) is 0.920. The van der Waals surface area contributed by atoms with E-state index in [0.29, 0.717) is 17.9 Å². The summed E-state index contributed by atoms with van der Waals surface area (Å²) in [5, 5.41) is 19.2. The maximum Gasteiger partial charge on any atom is 0.321 e. The number of oxime groups is 1. The van der Waals surface area contributed by atoms with Gasteiger partial charge in [-0.1, -0.05) is 5.16 Å². The van der Waals surface area contributed by atoms with Crippen LogP contribution >= 0.6 is 0 Å². The molecule has 0 aromatic carbocycles. The Morgan fingerprint density at radius 1 is 1.62 bits per heavy atom. The number of nitriles is 1. The number of carbonyl (C=O) groups is 2. The van der Waals surface area contributed by atoms with Crippen LogP contribution in [0.25, 0.3) is 0 Å². The second-order valence-corrected chi connectivity index (χ2v) is 2.70. The number of imide groups is 1. The summed E-state index contributed by atoms with van der Waals surface area (Å²) >= 11 is 0. The average molecular weight is 228 g/mol. The van der Waals surface area contributed by atoms with Gasteiger partial charge in [0.05, 0.1) is 0 Å². The molecule has 0 fully saturated rings. The minimum Gasteiger partial charge on any atom is -0.410 e. The molecule has 0 bridgehead atoms. The lowest BCUT2D eigenvalue weighted by molar-refractivity contribution is -0.121. The third-order valence-corrected chi connectivity index (χ3v) is 1.65. The Morgan fingerprint density at radius 3 is 2.62 bits per heavy atom. The van der Waals surface area contributed by atoms with E-state index in [1.807, 2.05) is 0 Å². The van der Waals surface area contributed by atoms with Crippen LogP contribution in [0.4, 0.5) is 4.79 Å². The normalized spacial score (nSPS) is 10.6. The van der Waals surface area contributed by atoms with Crippen LogP contribution in [-0.4, -0.2) is 48.0 Å². The molecule has 0 saturated carbocycles. The summed E-state index contributed by atoms with van der Waals surface area (Å²) in [5.74, 6) is -1.03. The molecule has 8 heteroatoms. The zero-order valence-electron chi connectivity index (χ0n) is 8.71. The van der Waals surface area contributed by atoms with Gasteiger partial charge in [-0.2, -0.15) is 5.26 Å². The maximum atomic E-state index is 11.4. The molecule has 0 aliphatic carbocycles. The van der Waals surface area contributed by atoms with E-state index in [1.165, 1.54) is 13.2 Å². The number of nitrogens with two attached hydrogens (primary N) is 1. The van der Waals surface area contributed by atoms with Crippen molar-refractivity contribution < 1.29 is 19.5 Å². The molecule has 3 N–H and O–H groups in total. The molecule has 0 saturated heterocycles. The fraction of sp³-hybridized carbons (Fsp3) is 0.500. The Kier molecular flexibility index (Phi) is 6.23. The highest BCUT2D eigenvalue weighted by molar-refractivity contribution is 6.46. The predicted octanol–water partition coefficient (Wildman–Crippen LogP) is -0.716. The van der Waals surface area contributed by atoms with Crippen molar-refractivity contribution in [2.75, 3.05) is 20.3 Å². The fourth-order valence-electron chi connectivity index (χ4n) is 0.920. The number of primary amides is 1. The van der Waals surface area contributed by atoms with Crippen molar-refractivity contribution in [2.45, 2.75) is 6.42 Å². The highest BCUT2D eigenvalue weighted by atomic mass is 16.5. The topological polar surface area (TPSA) is 129 Å². The molecule has 0 rings (SSSR count). The van der Waals surface area contributed by atoms with Crippen LogP contribution in [0.15, 0.2) is 5.16 Å². The summed E-state index contributed by atoms with van der Waals surface area (Å²) in [7, 11) is 1.46. The molecule has 0 radical (unpaired) electrons. The van der Waals surface area contributed by atoms with Crippen molar-refractivity contribution >= 4 is 17.6 Å². The van der Waals surface area contributed by atoms with Gasteiger partial charge in [0.15, 0.2) is 0 Å². The van der Waals surface area contributed by atoms with E-state index in [-0.39, 0.29) is 6.54 Å². The van der Waals surface area contributed by atoms with Crippen LogP contribution in [0.1, 0.15) is 6.42 Å². The van der Waals surface area contributed by atoms with Crippen molar-refractivity contribution in [3.8, 4) is 6.07 Å². The third-order valence-electron chi connectivity index (χ3n) is 1.65. The Hall–Kier alpha value is -2.14. The summed E-state index contributed by atoms with van der Waals surface area (Å²) in [6.45, 7) is 0.317. The smallest absolute Gasteiger partial charge is 0.321 e. The van der Waals surface area contributed by atoms with Gasteiger partial charge in [0.1, 0.15) is 6.07 Å². The van der Waals surface area contributed by atoms with Crippen LogP contribution < -0.4 is 5.73 Å². The lowest BCUT2D eigenvalue weighted by atomic mass is 10.3. The first kappa shape index (κ1) is 13.9. The summed E-state index contributed by atoms with van der Waals surface area (Å²) in [6.07, 6.45) is 0.370. The molecular weight excluding hydrogens is 216 g/mol. The minimum atomic E-state index is -1.03. The standard InChI is InChI=1S/C8H12N4O4/c1-16-4-2-3-12(8(10)14)7(13)6(5-9)11-15/h15H,2-4H2,1H3,(H2,10,14). The van der Waals surface area contributed by atoms with Gasteiger partial charge in [0.2, 0.25) is 5.71 Å². The number of urea groups is 1. The van der Waals surface area contributed by atoms with Crippen molar-refractivity contribution in [2.24, 2.45) is 10.9 Å². The minimum absolute atomic E-state index is 0.0112. The van der Waals surface area contributed by atoms with Crippen molar-refractivity contribution in [1.82, 2.24) is 4.90 Å². The number of methoxy groups -OCH3 is 1. The zero-order valence-corrected chi connectivity index (χ0v) is 8.71. The van der Waals surface area contributed by atoms with Crippen molar-refractivity contribution in [1.29, 1.82) is 5.26 Å². The second-order valence-electron chi connectivity index (χ2n) is 2.70. The van der Waals surface area contributed by atoms with Crippen molar-refractivity contribution in [3.05, 3.63) is 0 Å². The first-order valence-corrected chi connectivity index (χ1v) is 4.30. The second kappa shape index (κ2) is 7.19. The first-order valence-electron chi connectivity index (χ1n) is 4.30. The Morgan fingerprint density at radius 2 is 2.25 bits per heavy atom. The molecular formula is C8H12N4O4. The molecule has 0 spiro atoms. The summed E-state index contributed by atoms with van der Waals surface area (Å²) in [6, 6.07) is 0.331. The van der Waals surface area contributed by atoms with Crippen LogP contribution in [0.3, 0.4) is 0 Å². The third kappa shape index (κ3) is 3.93. The van der Waals surface area contributed by atoms with Crippen LogP contribution in [0.5, 0.6) is 0 Å². The van der Waals surface area contributed by atoms with E-state index in [2.05, 4.69) is 5.16 Å². The molecule has 8 nitrogen and oxygen atoms in total. The van der Waals surface area contributed by atoms with E-state index in [4.69, 9.17) is 20.9 Å². The summed E-state index contributed by atoms with van der Waals surface area (Å²) in [5.41, 5.74) is 4.15. The van der Waals surface area contributed by atoms with Gasteiger partial charge >= 0.3 is 6.03 Å². The number of rotatable bonds is 5. The Labute approximate surface area is 91.9 Å². The number of amides is 3. The van der Waals surface area contributed by atoms with Gasteiger partial charge in [-0.3, -0.25) is 9.69 Å². The number of carbonyl (C=O) groups excluding carboxylic acids is 2. The average Bonchev–Trinajstić information content (AvgIpc) is 2.25. The van der Waals surface area contributed by atoms with Gasteiger partial charge in [0.25, 0.3) is 5.91 Å². The predicted molar refractivity (Wildman–Crippen MR) is 52.6 cm³/mol. The van der Waals surface area contributed by atoms with Gasteiger partial charge in [-0.25, -0.2) is 4.79 Å². The number of nitrogens with zero attached hydrogens (tertiary/aromatic N) is 3. The van der Waals surface area contributed by atoms with E-state index in [1.54, 1.807) is 0 Å². The Balaban J connectivity index is 4.61. The highest BCUT2D eigenvalue weighted by Crippen LogP contribution is 1.95. The van der Waals surface area contributed by atoms with Crippen LogP contribution in [0, 0.1) is 11.3 Å². The summed E-state index contributed by atoms with van der Waals surface area (Å²) < 4.78 is 4.73. The monoisotopic (exact) mass is 228 g/mol. The molecule has 0 aromatic heterocycles. The quantitative estimate of drug-likeness (QED) is 0.278. The van der Waals surface area contributed by atoms with Crippen LogP contribution in [-0.2, 0) is 9.53 Å². The SMILES string of the molecule is COCCCN(C(N)=O)C(=O)C(C#N)=NO. The number of hydrogen-bond acceptors (Lipinski definition) is 6. The summed E-state index contributed by atoms with van der Waals surface area (Å²) in [4.78, 5) is 22.9. The molecule has 0 aromatic rings. The van der Waals surface area contributed by atoms with E-state index in [0.717, 1.165) is 0 Å². The largest absolute Gasteiger partial charge is 0.410 e. The molecule has 0 atom stereocenters. The van der Waals surface area contributed by atoms with Gasteiger partial charge in [-0.05, 0) is 6.42 Å². The van der Waals surface area contributed by atoms with E-state index in [9.17, 15) is 9.59 Å². The molecule has 16 heavy (non-hydrogen) atoms. The van der Waals surface area contributed by atoms with Crippen molar-refractivity contribution in [3.63, 3.8) is 0 Å². The van der Waals surface area contributed by atoms with Crippen LogP contribution in [0.2, 0.25) is 0 Å². The maximum absolute atomic E-state index is 11.4. The molecule has 0 unspecified atom stereocenters. The molecule has 0 heterocycles. The molecule has 0 aliphatic rings. The highest BCUT2D eigenvalue weighted by Gasteiger charge is 2.24. The van der Waals surface area contributed by atoms with Gasteiger partial charge < -0.3 is 15.7 Å². The number of ether oxygens (including phenoxy) is 1. The lowest BCUT2D eigenvalue weighted by Gasteiger charge is -2.16. The van der Waals surface area contributed by atoms with Gasteiger partial charge in [0, 0.05) is 20.3 Å². The molecule has 0 aliphatic heterocycles. The lowest BCUT2D eigenvalue weighted by Crippen LogP contribution is -2.44.